The van der Waals surface area contributed by atoms with Crippen LogP contribution in [-0.4, -0.2) is 52.2 Å². The summed E-state index contributed by atoms with van der Waals surface area (Å²) in [5.41, 5.74) is 1.18. The van der Waals surface area contributed by atoms with Crippen LogP contribution in [0.25, 0.3) is 0 Å². The second-order valence-electron chi connectivity index (χ2n) is 8.19. The van der Waals surface area contributed by atoms with E-state index >= 15 is 0 Å². The van der Waals surface area contributed by atoms with Crippen molar-refractivity contribution in [1.29, 1.82) is 5.26 Å². The number of rotatable bonds is 1. The molecule has 140 valence electrons. The summed E-state index contributed by atoms with van der Waals surface area (Å²) in [5, 5.41) is 30.7. The first-order chi connectivity index (χ1) is 12.5. The van der Waals surface area contributed by atoms with Gasteiger partial charge >= 0.3 is 0 Å². The van der Waals surface area contributed by atoms with Crippen LogP contribution in [0.1, 0.15) is 55.8 Å². The van der Waals surface area contributed by atoms with Crippen molar-refractivity contribution in [3.8, 4) is 6.07 Å². The third-order valence-corrected chi connectivity index (χ3v) is 6.40. The number of anilines is 1. The number of aliphatic hydroxyl groups excluding tert-OH is 1. The summed E-state index contributed by atoms with van der Waals surface area (Å²) < 4.78 is 5.96. The molecule has 6 nitrogen and oxygen atoms in total. The lowest BCUT2D eigenvalue weighted by molar-refractivity contribution is -0.239. The Hall–Kier alpha value is -1.68. The number of piperidine rings is 1. The van der Waals surface area contributed by atoms with Gasteiger partial charge in [0.2, 0.25) is 0 Å². The Kier molecular flexibility index (Phi) is 4.42. The predicted molar refractivity (Wildman–Crippen MR) is 97.0 cm³/mol. The van der Waals surface area contributed by atoms with Crippen LogP contribution in [0.5, 0.6) is 0 Å². The van der Waals surface area contributed by atoms with Gasteiger partial charge in [0.25, 0.3) is 0 Å². The molecule has 0 unspecified atom stereocenters. The molecule has 3 heterocycles. The Balaban J connectivity index is 1.56. The number of aryl methyl sites for hydroxylation is 2. The van der Waals surface area contributed by atoms with Crippen LogP contribution in [0.2, 0.25) is 0 Å². The van der Waals surface area contributed by atoms with Gasteiger partial charge in [-0.2, -0.15) is 5.26 Å². The fraction of sp³-hybridized carbons (Fsp3) is 0.700. The number of ether oxygens (including phenoxy) is 1. The lowest BCUT2D eigenvalue weighted by Crippen LogP contribution is -2.64. The molecule has 2 saturated heterocycles. The van der Waals surface area contributed by atoms with Gasteiger partial charge in [-0.25, -0.2) is 4.98 Å². The summed E-state index contributed by atoms with van der Waals surface area (Å²) in [7, 11) is 0. The fourth-order valence-electron chi connectivity index (χ4n) is 4.70. The number of hydrogen-bond donors (Lipinski definition) is 2. The molecule has 2 atom stereocenters. The first-order valence-corrected chi connectivity index (χ1v) is 9.67. The number of aliphatic hydroxyl groups is 2. The molecule has 1 aromatic heterocycles. The maximum Gasteiger partial charge on any atom is 0.146 e. The lowest BCUT2D eigenvalue weighted by Gasteiger charge is -2.51. The highest BCUT2D eigenvalue weighted by Crippen LogP contribution is 2.41. The van der Waals surface area contributed by atoms with Crippen molar-refractivity contribution in [1.82, 2.24) is 4.98 Å². The van der Waals surface area contributed by atoms with Gasteiger partial charge < -0.3 is 19.8 Å². The van der Waals surface area contributed by atoms with Crippen LogP contribution in [0.3, 0.4) is 0 Å². The second-order valence-corrected chi connectivity index (χ2v) is 8.19. The van der Waals surface area contributed by atoms with Crippen LogP contribution in [0.4, 0.5) is 5.82 Å². The highest BCUT2D eigenvalue weighted by molar-refractivity contribution is 5.57. The van der Waals surface area contributed by atoms with Gasteiger partial charge in [-0.05, 0) is 57.1 Å². The van der Waals surface area contributed by atoms with E-state index in [0.29, 0.717) is 44.5 Å². The molecule has 0 amide bonds. The molecule has 2 N–H and O–H groups in total. The summed E-state index contributed by atoms with van der Waals surface area (Å²) >= 11 is 0. The molecule has 0 aromatic carbocycles. The molecule has 6 heteroatoms. The van der Waals surface area contributed by atoms with Crippen molar-refractivity contribution in [2.24, 2.45) is 0 Å². The topological polar surface area (TPSA) is 89.6 Å². The Bertz CT molecular complexity index is 733. The third kappa shape index (κ3) is 2.88. The van der Waals surface area contributed by atoms with Gasteiger partial charge in [0.1, 0.15) is 23.6 Å². The molecule has 26 heavy (non-hydrogen) atoms. The molecular weight excluding hydrogens is 330 g/mol. The monoisotopic (exact) mass is 357 g/mol. The highest BCUT2D eigenvalue weighted by Gasteiger charge is 2.52. The number of hydrogen-bond acceptors (Lipinski definition) is 6. The largest absolute Gasteiger partial charge is 0.387 e. The average Bonchev–Trinajstić information content (AvgIpc) is 2.65. The number of fused-ring (bicyclic) bond motifs is 1. The molecule has 3 aliphatic rings. The Morgan fingerprint density at radius 2 is 2.00 bits per heavy atom. The van der Waals surface area contributed by atoms with Crippen LogP contribution >= 0.6 is 0 Å². The van der Waals surface area contributed by atoms with E-state index < -0.39 is 17.3 Å². The molecule has 1 aliphatic carbocycles. The zero-order valence-electron chi connectivity index (χ0n) is 15.4. The molecule has 1 aromatic rings. The SMILES string of the molecule is C[C@@]1(O)CCOC2(CCN(c3nc4c(cc3C#N)CCCC4)CC2)[C@H]1O. The smallest absolute Gasteiger partial charge is 0.146 e. The molecule has 4 rings (SSSR count). The molecule has 0 bridgehead atoms. The van der Waals surface area contributed by atoms with E-state index in [9.17, 15) is 15.5 Å². The summed E-state index contributed by atoms with van der Waals surface area (Å²) in [6.45, 7) is 3.47. The van der Waals surface area contributed by atoms with E-state index in [0.717, 1.165) is 30.8 Å². The molecule has 2 fully saturated rings. The van der Waals surface area contributed by atoms with Crippen LogP contribution in [0, 0.1) is 11.3 Å². The number of pyridine rings is 1. The second kappa shape index (κ2) is 6.49. The molecular formula is C20H27N3O3. The summed E-state index contributed by atoms with van der Waals surface area (Å²) in [5.74, 6) is 0.764. The average molecular weight is 357 g/mol. The summed E-state index contributed by atoms with van der Waals surface area (Å²) in [6, 6.07) is 4.32. The minimum atomic E-state index is -1.11. The zero-order valence-corrected chi connectivity index (χ0v) is 15.4. The van der Waals surface area contributed by atoms with Gasteiger partial charge in [0.15, 0.2) is 0 Å². The molecule has 0 radical (unpaired) electrons. The van der Waals surface area contributed by atoms with E-state index in [2.05, 4.69) is 11.0 Å². The van der Waals surface area contributed by atoms with E-state index in [1.54, 1.807) is 6.92 Å². The van der Waals surface area contributed by atoms with Gasteiger partial charge in [0, 0.05) is 25.2 Å². The van der Waals surface area contributed by atoms with Crippen molar-refractivity contribution in [3.05, 3.63) is 22.9 Å². The zero-order chi connectivity index (χ0) is 18.4. The van der Waals surface area contributed by atoms with E-state index in [1.165, 1.54) is 12.0 Å². The van der Waals surface area contributed by atoms with E-state index in [-0.39, 0.29) is 0 Å². The molecule has 2 aliphatic heterocycles. The van der Waals surface area contributed by atoms with Crippen LogP contribution < -0.4 is 4.90 Å². The van der Waals surface area contributed by atoms with Crippen molar-refractivity contribution < 1.29 is 14.9 Å². The maximum atomic E-state index is 10.7. The fourth-order valence-corrected chi connectivity index (χ4v) is 4.70. The minimum Gasteiger partial charge on any atom is -0.387 e. The van der Waals surface area contributed by atoms with Gasteiger partial charge in [-0.1, -0.05) is 0 Å². The first-order valence-electron chi connectivity index (χ1n) is 9.67. The first kappa shape index (κ1) is 17.7. The van der Waals surface area contributed by atoms with Crippen LogP contribution in [-0.2, 0) is 17.6 Å². The highest BCUT2D eigenvalue weighted by atomic mass is 16.5. The Morgan fingerprint density at radius 3 is 2.73 bits per heavy atom. The minimum absolute atomic E-state index is 0.449. The molecule has 0 saturated carbocycles. The van der Waals surface area contributed by atoms with Crippen molar-refractivity contribution in [2.45, 2.75) is 69.2 Å². The van der Waals surface area contributed by atoms with E-state index in [1.807, 2.05) is 6.07 Å². The number of nitrogens with zero attached hydrogens (tertiary/aromatic N) is 3. The van der Waals surface area contributed by atoms with Gasteiger partial charge in [-0.15, -0.1) is 0 Å². The predicted octanol–water partition coefficient (Wildman–Crippen LogP) is 1.70. The number of nitriles is 1. The number of aromatic nitrogens is 1. The van der Waals surface area contributed by atoms with E-state index in [4.69, 9.17) is 9.72 Å². The van der Waals surface area contributed by atoms with Crippen molar-refractivity contribution >= 4 is 5.82 Å². The summed E-state index contributed by atoms with van der Waals surface area (Å²) in [4.78, 5) is 6.98. The van der Waals surface area contributed by atoms with Gasteiger partial charge in [-0.3, -0.25) is 0 Å². The van der Waals surface area contributed by atoms with Crippen LogP contribution in [0.15, 0.2) is 6.07 Å². The molecule has 1 spiro atoms. The standard InChI is InChI=1S/C20H27N3O3/c1-19(25)8-11-26-20(18(19)24)6-9-23(10-7-20)17-15(13-21)12-14-4-2-3-5-16(14)22-17/h12,18,24-25H,2-11H2,1H3/t18-,19+/m0/s1. The lowest BCUT2D eigenvalue weighted by atomic mass is 9.75. The Morgan fingerprint density at radius 1 is 1.27 bits per heavy atom. The maximum absolute atomic E-state index is 10.7. The Labute approximate surface area is 154 Å². The van der Waals surface area contributed by atoms with Crippen molar-refractivity contribution in [2.75, 3.05) is 24.6 Å². The van der Waals surface area contributed by atoms with Crippen molar-refractivity contribution in [3.63, 3.8) is 0 Å². The normalized spacial score (nSPS) is 30.7. The third-order valence-electron chi connectivity index (χ3n) is 6.40. The van der Waals surface area contributed by atoms with Gasteiger partial charge in [0.05, 0.1) is 17.8 Å². The quantitative estimate of drug-likeness (QED) is 0.795. The summed E-state index contributed by atoms with van der Waals surface area (Å²) in [6.07, 6.45) is 5.11.